The molecule has 9 rings (SSSR count). The van der Waals surface area contributed by atoms with Crippen LogP contribution in [0.15, 0.2) is 176 Å². The van der Waals surface area contributed by atoms with Crippen LogP contribution in [0.4, 0.5) is 105 Å². The first-order valence-electron chi connectivity index (χ1n) is 24.4. The Bertz CT molecular complexity index is 3590. The maximum absolute atomic E-state index is 14.2. The van der Waals surface area contributed by atoms with Crippen LogP contribution >= 0.6 is 0 Å². The Hall–Kier alpha value is -8.79. The lowest BCUT2D eigenvalue weighted by Gasteiger charge is -2.46. The normalized spacial score (nSPS) is 13.1. The van der Waals surface area contributed by atoms with Crippen LogP contribution in [0.25, 0.3) is 21.5 Å². The van der Waals surface area contributed by atoms with E-state index in [1.165, 1.54) is 0 Å². The first-order chi connectivity index (χ1) is 40.0. The maximum Gasteiger partial charge on any atom is 0.416 e. The van der Waals surface area contributed by atoms with Gasteiger partial charge >= 0.3 is 55.4 Å². The number of esters is 1. The highest BCUT2D eigenvalue weighted by molar-refractivity contribution is 7.20. The van der Waals surface area contributed by atoms with E-state index in [2.05, 4.69) is 11.1 Å². The van der Waals surface area contributed by atoms with Crippen molar-refractivity contribution in [2.24, 2.45) is 0 Å². The molecule has 0 atom stereocenters. The van der Waals surface area contributed by atoms with E-state index in [9.17, 15) is 110 Å². The molecule has 87 heavy (non-hydrogen) atoms. The predicted octanol–water partition coefficient (Wildman–Crippen LogP) is 16.2. The lowest BCUT2D eigenvalue weighted by molar-refractivity contribution is -0.689. The third kappa shape index (κ3) is 14.2. The summed E-state index contributed by atoms with van der Waals surface area (Å²) in [4.78, 5) is 17.1. The molecule has 8 aromatic carbocycles. The third-order valence-electron chi connectivity index (χ3n) is 13.5. The highest BCUT2D eigenvalue weighted by Gasteiger charge is 2.47. The van der Waals surface area contributed by atoms with Crippen molar-refractivity contribution in [3.63, 3.8) is 0 Å². The molecule has 0 spiro atoms. The van der Waals surface area contributed by atoms with Crippen molar-refractivity contribution < 1.29 is 119 Å². The van der Waals surface area contributed by atoms with Crippen molar-refractivity contribution in [2.45, 2.75) is 56.0 Å². The molecule has 0 unspecified atom stereocenters. The SMILES string of the molecule is FC(F)(F)c1cc([B-](c2cc(C(F)(F)F)cc(C(F)(F)F)c2)(c2cc(C(F)(F)F)cc(C(F)(F)F)c2)c2cc(C(F)(F)F)cc(C(F)(F)F)c2)cc(C(F)(F)F)c1.O=C(Oc1cc2ccccc2c2ccccc12)c1c[n+](Cc2ccccc2)ccn1. The van der Waals surface area contributed by atoms with Gasteiger partial charge in [0, 0.05) is 10.9 Å². The summed E-state index contributed by atoms with van der Waals surface area (Å²) < 4.78 is 349. The summed E-state index contributed by atoms with van der Waals surface area (Å²) in [7, 11) is 0. The summed E-state index contributed by atoms with van der Waals surface area (Å²) in [6.45, 7) is 0.655. The molecular weight excluding hydrogens is 1220 g/mol. The highest BCUT2D eigenvalue weighted by Crippen LogP contribution is 2.42. The fourth-order valence-corrected chi connectivity index (χ4v) is 9.76. The summed E-state index contributed by atoms with van der Waals surface area (Å²) in [5, 5.41) is 4.11. The molecule has 0 aliphatic carbocycles. The zero-order valence-corrected chi connectivity index (χ0v) is 42.8. The van der Waals surface area contributed by atoms with Crippen LogP contribution < -0.4 is 31.2 Å². The minimum atomic E-state index is -6.13. The van der Waals surface area contributed by atoms with Gasteiger partial charge in [-0.25, -0.2) is 9.78 Å². The Morgan fingerprint density at radius 2 is 0.690 bits per heavy atom. The number of hydrogen-bond donors (Lipinski definition) is 0. The van der Waals surface area contributed by atoms with Crippen LogP contribution in [0.3, 0.4) is 0 Å². The van der Waals surface area contributed by atoms with Gasteiger partial charge < -0.3 is 4.74 Å². The van der Waals surface area contributed by atoms with Crippen molar-refractivity contribution in [1.82, 2.24) is 4.98 Å². The van der Waals surface area contributed by atoms with Gasteiger partial charge in [-0.15, -0.1) is 0 Å². The molecule has 0 saturated carbocycles. The highest BCUT2D eigenvalue weighted by atomic mass is 19.4. The van der Waals surface area contributed by atoms with Crippen molar-refractivity contribution >= 4 is 55.5 Å². The van der Waals surface area contributed by atoms with Gasteiger partial charge in [0.2, 0.25) is 11.9 Å². The number of ether oxygens (including phenoxy) is 1. The van der Waals surface area contributed by atoms with Crippen molar-refractivity contribution in [2.75, 3.05) is 0 Å². The fraction of sp³-hybridized carbons (Fsp3) is 0.155. The van der Waals surface area contributed by atoms with E-state index in [1.807, 2.05) is 89.6 Å². The molecule has 0 radical (unpaired) electrons. The zero-order chi connectivity index (χ0) is 64.3. The minimum Gasteiger partial charge on any atom is -0.421 e. The molecule has 1 aromatic heterocycles. The van der Waals surface area contributed by atoms with E-state index in [1.54, 1.807) is 12.4 Å². The van der Waals surface area contributed by atoms with Crippen LogP contribution in [0.1, 0.15) is 60.6 Å². The van der Waals surface area contributed by atoms with Crippen molar-refractivity contribution in [1.29, 1.82) is 0 Å². The van der Waals surface area contributed by atoms with E-state index in [0.29, 0.717) is 12.3 Å². The lowest BCUT2D eigenvalue weighted by Crippen LogP contribution is -2.75. The number of nitrogens with zero attached hydrogens (tertiary/aromatic N) is 2. The van der Waals surface area contributed by atoms with Crippen molar-refractivity contribution in [3.05, 3.63) is 232 Å². The minimum absolute atomic E-state index is 0.269. The molecule has 456 valence electrons. The molecule has 0 fully saturated rings. The largest absolute Gasteiger partial charge is 0.421 e. The number of fused-ring (bicyclic) bond motifs is 3. The van der Waals surface area contributed by atoms with E-state index >= 15 is 0 Å². The van der Waals surface area contributed by atoms with Gasteiger partial charge in [0.15, 0.2) is 12.7 Å². The molecule has 0 saturated heterocycles. The predicted molar refractivity (Wildman–Crippen MR) is 266 cm³/mol. The van der Waals surface area contributed by atoms with Gasteiger partial charge in [0.25, 0.3) is 0 Å². The standard InChI is InChI=1S/C32H12BF24.C26H19N2O2/c34-25(35,36)13-1-14(26(37,38)39)6-21(5-13)33(22-7-15(27(40,41)42)2-16(8-22)28(43,44)45,23-9-17(29(46,47)48)3-18(10-23)30(49,50)51)24-11-19(31(52,53)54)4-20(12-24)32(55,56)57;29-26(24-18-28(15-14-27-24)17-19-8-2-1-3-9-19)30-25-16-20-10-4-5-11-21(20)22-12-6-7-13-23(22)25/h1-12H;1-16,18H,17H2/q-1;+1. The quantitative estimate of drug-likeness (QED) is 0.0380. The molecule has 0 aliphatic rings. The Labute approximate surface area is 472 Å². The van der Waals surface area contributed by atoms with Gasteiger partial charge in [-0.05, 0) is 46.5 Å². The van der Waals surface area contributed by atoms with Gasteiger partial charge in [-0.2, -0.15) is 132 Å². The molecule has 0 amide bonds. The number of halogens is 24. The molecule has 4 nitrogen and oxygen atoms in total. The van der Waals surface area contributed by atoms with Gasteiger partial charge in [-0.3, -0.25) is 0 Å². The monoisotopic (exact) mass is 1250 g/mol. The molecule has 1 heterocycles. The summed E-state index contributed by atoms with van der Waals surface area (Å²) in [5.41, 5.74) is -28.8. The van der Waals surface area contributed by atoms with E-state index in [-0.39, 0.29) is 5.69 Å². The molecule has 0 N–H and O–H groups in total. The summed E-state index contributed by atoms with van der Waals surface area (Å²) in [6, 6.07) is 19.2. The summed E-state index contributed by atoms with van der Waals surface area (Å²) in [5.74, 6) is 0.0624. The number of benzene rings is 8. The number of aromatic nitrogens is 2. The number of carbonyl (C=O) groups excluding carboxylic acids is 1. The molecular formula is C58H31BF24N2O2. The number of rotatable bonds is 8. The van der Waals surface area contributed by atoms with Gasteiger partial charge in [-0.1, -0.05) is 127 Å². The number of carbonyl (C=O) groups is 1. The Kier molecular flexibility index (Phi) is 16.8. The van der Waals surface area contributed by atoms with E-state index in [4.69, 9.17) is 4.74 Å². The third-order valence-corrected chi connectivity index (χ3v) is 13.5. The molecule has 0 bridgehead atoms. The van der Waals surface area contributed by atoms with Crippen LogP contribution in [-0.2, 0) is 56.0 Å². The second-order valence-corrected chi connectivity index (χ2v) is 19.4. The van der Waals surface area contributed by atoms with Gasteiger partial charge in [0.1, 0.15) is 11.9 Å². The van der Waals surface area contributed by atoms with Crippen LogP contribution in [0.5, 0.6) is 5.75 Å². The Balaban J connectivity index is 0.000000271. The molecule has 29 heteroatoms. The Morgan fingerprint density at radius 3 is 1.03 bits per heavy atom. The fourth-order valence-electron chi connectivity index (χ4n) is 9.76. The summed E-state index contributed by atoms with van der Waals surface area (Å²) in [6.07, 6.45) is -49.6. The maximum atomic E-state index is 14.2. The average molecular weight is 1250 g/mol. The average Bonchev–Trinajstić information content (AvgIpc) is 0.715. The van der Waals surface area contributed by atoms with Crippen LogP contribution in [0.2, 0.25) is 0 Å². The Morgan fingerprint density at radius 1 is 0.379 bits per heavy atom. The smallest absolute Gasteiger partial charge is 0.416 e. The van der Waals surface area contributed by atoms with Gasteiger partial charge in [0.05, 0.1) is 50.7 Å². The number of hydrogen-bond acceptors (Lipinski definition) is 3. The van der Waals surface area contributed by atoms with E-state index in [0.717, 1.165) is 27.1 Å². The second-order valence-electron chi connectivity index (χ2n) is 19.4. The first kappa shape index (κ1) is 64.2. The topological polar surface area (TPSA) is 43.1 Å². The first-order valence-corrected chi connectivity index (χ1v) is 24.4. The lowest BCUT2D eigenvalue weighted by atomic mass is 9.12. The number of alkyl halides is 24. The molecule has 9 aromatic rings. The summed E-state index contributed by atoms with van der Waals surface area (Å²) >= 11 is 0. The van der Waals surface area contributed by atoms with E-state index < -0.39 is 201 Å². The second kappa shape index (κ2) is 22.8. The van der Waals surface area contributed by atoms with Crippen LogP contribution in [-0.4, -0.2) is 17.1 Å². The molecule has 0 aliphatic heterocycles. The van der Waals surface area contributed by atoms with Crippen molar-refractivity contribution in [3.8, 4) is 5.75 Å². The van der Waals surface area contributed by atoms with Crippen LogP contribution in [0, 0.1) is 0 Å². The zero-order valence-electron chi connectivity index (χ0n) is 42.8.